The van der Waals surface area contributed by atoms with Crippen LogP contribution in [0.4, 0.5) is 5.82 Å². The van der Waals surface area contributed by atoms with Crippen LogP contribution in [0.15, 0.2) is 24.3 Å². The maximum absolute atomic E-state index is 10.0. The third-order valence-corrected chi connectivity index (χ3v) is 6.33. The molecule has 1 aliphatic carbocycles. The summed E-state index contributed by atoms with van der Waals surface area (Å²) in [6.45, 7) is 4.52. The molecule has 2 aromatic rings. The molecule has 140 valence electrons. The Morgan fingerprint density at radius 3 is 2.73 bits per heavy atom. The Morgan fingerprint density at radius 1 is 1.15 bits per heavy atom. The highest BCUT2D eigenvalue weighted by Gasteiger charge is 2.32. The molecule has 0 amide bonds. The molecule has 2 heterocycles. The predicted octanol–water partition coefficient (Wildman–Crippen LogP) is 3.68. The number of hydrogen-bond donors (Lipinski definition) is 3. The van der Waals surface area contributed by atoms with Crippen molar-refractivity contribution in [3.63, 3.8) is 0 Å². The summed E-state index contributed by atoms with van der Waals surface area (Å²) in [5.74, 6) is 1.87. The number of anilines is 1. The molecule has 4 atom stereocenters. The van der Waals surface area contributed by atoms with E-state index in [0.29, 0.717) is 12.0 Å². The second-order valence-electron chi connectivity index (χ2n) is 8.49. The van der Waals surface area contributed by atoms with Crippen molar-refractivity contribution in [1.82, 2.24) is 4.98 Å². The van der Waals surface area contributed by atoms with Gasteiger partial charge in [-0.25, -0.2) is 4.98 Å². The average Bonchev–Trinajstić information content (AvgIpc) is 2.96. The normalized spacial score (nSPS) is 28.3. The number of fused-ring (bicyclic) bond motifs is 2. The van der Waals surface area contributed by atoms with Crippen molar-refractivity contribution >= 4 is 16.7 Å². The molecule has 4 heteroatoms. The first-order chi connectivity index (χ1) is 12.5. The number of aromatic nitrogens is 1. The van der Waals surface area contributed by atoms with E-state index in [4.69, 9.17) is 4.98 Å². The van der Waals surface area contributed by atoms with E-state index >= 15 is 0 Å². The standard InChI is InChI=1S/C22H30N2O2/c1-13(2)18-9-7-17-12-16-6-4-14(11-19(16)24-22(17)23-18)3-5-15-8-10-20(25)21(15)26/h4,6,11-13,15,18,20-21,25-26H,3,5,7-10H2,1-2H3,(H,23,24)/t15?,18-,20?,21?/m0/s1. The van der Waals surface area contributed by atoms with E-state index in [-0.39, 0.29) is 5.92 Å². The van der Waals surface area contributed by atoms with E-state index in [1.165, 1.54) is 22.9 Å². The smallest absolute Gasteiger partial charge is 0.130 e. The maximum atomic E-state index is 10.0. The summed E-state index contributed by atoms with van der Waals surface area (Å²) in [6, 6.07) is 9.33. The Morgan fingerprint density at radius 2 is 2.00 bits per heavy atom. The molecule has 1 saturated carbocycles. The largest absolute Gasteiger partial charge is 0.390 e. The summed E-state index contributed by atoms with van der Waals surface area (Å²) >= 11 is 0. The minimum Gasteiger partial charge on any atom is -0.390 e. The second-order valence-corrected chi connectivity index (χ2v) is 8.49. The lowest BCUT2D eigenvalue weighted by atomic mass is 9.92. The predicted molar refractivity (Wildman–Crippen MR) is 105 cm³/mol. The van der Waals surface area contributed by atoms with Crippen molar-refractivity contribution in [3.8, 4) is 0 Å². The van der Waals surface area contributed by atoms with Crippen LogP contribution in [0.25, 0.3) is 10.9 Å². The van der Waals surface area contributed by atoms with Crippen molar-refractivity contribution in [2.45, 2.75) is 70.6 Å². The number of rotatable bonds is 4. The number of nitrogens with zero attached hydrogens (tertiary/aromatic N) is 1. The fraction of sp³-hybridized carbons (Fsp3) is 0.591. The number of aryl methyl sites for hydroxylation is 2. The molecule has 0 radical (unpaired) electrons. The lowest BCUT2D eigenvalue weighted by Gasteiger charge is -2.29. The zero-order valence-electron chi connectivity index (χ0n) is 15.8. The van der Waals surface area contributed by atoms with Gasteiger partial charge < -0.3 is 15.5 Å². The summed E-state index contributed by atoms with van der Waals surface area (Å²) in [4.78, 5) is 4.92. The summed E-state index contributed by atoms with van der Waals surface area (Å²) < 4.78 is 0. The van der Waals surface area contributed by atoms with Gasteiger partial charge in [0, 0.05) is 11.4 Å². The molecule has 26 heavy (non-hydrogen) atoms. The number of pyridine rings is 1. The second kappa shape index (κ2) is 7.16. The third kappa shape index (κ3) is 3.45. The summed E-state index contributed by atoms with van der Waals surface area (Å²) in [7, 11) is 0. The minimum absolute atomic E-state index is 0.214. The first-order valence-corrected chi connectivity index (χ1v) is 10.1. The van der Waals surface area contributed by atoms with E-state index in [1.54, 1.807) is 0 Å². The van der Waals surface area contributed by atoms with Crippen LogP contribution in [-0.4, -0.2) is 33.4 Å². The van der Waals surface area contributed by atoms with Gasteiger partial charge in [0.05, 0.1) is 17.7 Å². The molecule has 1 aromatic carbocycles. The molecule has 1 aliphatic heterocycles. The molecule has 1 aromatic heterocycles. The van der Waals surface area contributed by atoms with Crippen LogP contribution in [0, 0.1) is 11.8 Å². The quantitative estimate of drug-likeness (QED) is 0.784. The van der Waals surface area contributed by atoms with Crippen LogP contribution in [0.1, 0.15) is 50.7 Å². The van der Waals surface area contributed by atoms with Crippen LogP contribution in [0.2, 0.25) is 0 Å². The molecule has 0 bridgehead atoms. The van der Waals surface area contributed by atoms with E-state index in [1.807, 2.05) is 0 Å². The summed E-state index contributed by atoms with van der Waals surface area (Å²) in [5, 5.41) is 24.6. The Balaban J connectivity index is 1.51. The van der Waals surface area contributed by atoms with Gasteiger partial charge in [-0.2, -0.15) is 0 Å². The van der Waals surface area contributed by atoms with Crippen LogP contribution < -0.4 is 5.32 Å². The van der Waals surface area contributed by atoms with Gasteiger partial charge in [0.2, 0.25) is 0 Å². The number of aliphatic hydroxyl groups is 2. The SMILES string of the molecule is CC(C)[C@@H]1CCc2cc3ccc(CCC4CCC(O)C4O)cc3nc2N1. The van der Waals surface area contributed by atoms with Gasteiger partial charge in [0.15, 0.2) is 0 Å². The first kappa shape index (κ1) is 17.7. The van der Waals surface area contributed by atoms with Gasteiger partial charge in [-0.3, -0.25) is 0 Å². The lowest BCUT2D eigenvalue weighted by Crippen LogP contribution is -2.30. The van der Waals surface area contributed by atoms with E-state index in [0.717, 1.165) is 43.4 Å². The van der Waals surface area contributed by atoms with Gasteiger partial charge in [0.25, 0.3) is 0 Å². The summed E-state index contributed by atoms with van der Waals surface area (Å²) in [5.41, 5.74) is 3.63. The highest BCUT2D eigenvalue weighted by atomic mass is 16.3. The van der Waals surface area contributed by atoms with Crippen LogP contribution >= 0.6 is 0 Å². The van der Waals surface area contributed by atoms with Gasteiger partial charge in [0.1, 0.15) is 5.82 Å². The van der Waals surface area contributed by atoms with Crippen molar-refractivity contribution in [2.24, 2.45) is 11.8 Å². The number of nitrogens with one attached hydrogen (secondary N) is 1. The number of hydrogen-bond acceptors (Lipinski definition) is 4. The molecule has 2 aliphatic rings. The third-order valence-electron chi connectivity index (χ3n) is 6.33. The molecule has 0 saturated heterocycles. The maximum Gasteiger partial charge on any atom is 0.130 e. The fourth-order valence-electron chi connectivity index (χ4n) is 4.49. The minimum atomic E-state index is -0.558. The molecule has 4 nitrogen and oxygen atoms in total. The fourth-order valence-corrected chi connectivity index (χ4v) is 4.49. The molecular weight excluding hydrogens is 324 g/mol. The number of aliphatic hydroxyl groups excluding tert-OH is 2. The molecular formula is C22H30N2O2. The highest BCUT2D eigenvalue weighted by molar-refractivity contribution is 5.82. The van der Waals surface area contributed by atoms with E-state index in [9.17, 15) is 10.2 Å². The monoisotopic (exact) mass is 354 g/mol. The molecule has 3 N–H and O–H groups in total. The van der Waals surface area contributed by atoms with Crippen LogP contribution in [0.5, 0.6) is 0 Å². The van der Waals surface area contributed by atoms with Crippen molar-refractivity contribution in [1.29, 1.82) is 0 Å². The average molecular weight is 354 g/mol. The Labute approximate surface area is 155 Å². The Bertz CT molecular complexity index is 789. The molecule has 4 rings (SSSR count). The van der Waals surface area contributed by atoms with Crippen molar-refractivity contribution in [2.75, 3.05) is 5.32 Å². The van der Waals surface area contributed by atoms with Crippen LogP contribution in [-0.2, 0) is 12.8 Å². The Hall–Kier alpha value is -1.65. The molecule has 1 fully saturated rings. The lowest BCUT2D eigenvalue weighted by molar-refractivity contribution is 0.0189. The van der Waals surface area contributed by atoms with Crippen molar-refractivity contribution < 1.29 is 10.2 Å². The zero-order valence-corrected chi connectivity index (χ0v) is 15.8. The van der Waals surface area contributed by atoms with Gasteiger partial charge >= 0.3 is 0 Å². The topological polar surface area (TPSA) is 65.4 Å². The van der Waals surface area contributed by atoms with Gasteiger partial charge in [-0.1, -0.05) is 26.0 Å². The van der Waals surface area contributed by atoms with E-state index in [2.05, 4.69) is 43.4 Å². The van der Waals surface area contributed by atoms with Gasteiger partial charge in [-0.05, 0) is 73.6 Å². The Kier molecular flexibility index (Phi) is 4.89. The van der Waals surface area contributed by atoms with Crippen molar-refractivity contribution in [3.05, 3.63) is 35.4 Å². The molecule has 3 unspecified atom stereocenters. The number of benzene rings is 1. The first-order valence-electron chi connectivity index (χ1n) is 10.1. The van der Waals surface area contributed by atoms with E-state index < -0.39 is 12.2 Å². The van der Waals surface area contributed by atoms with Crippen LogP contribution in [0.3, 0.4) is 0 Å². The highest BCUT2D eigenvalue weighted by Crippen LogP contribution is 2.32. The van der Waals surface area contributed by atoms with Gasteiger partial charge in [-0.15, -0.1) is 0 Å². The summed E-state index contributed by atoms with van der Waals surface area (Å²) in [6.07, 6.45) is 4.65. The zero-order chi connectivity index (χ0) is 18.3. The molecule has 0 spiro atoms.